The lowest BCUT2D eigenvalue weighted by molar-refractivity contribution is -0.139. The molecule has 0 saturated carbocycles. The number of alkyl carbamates (subject to hydrolysis) is 1. The molecule has 6 nitrogen and oxygen atoms in total. The topological polar surface area (TPSA) is 80.0 Å². The molecular formula is C17H22N2O4. The van der Waals surface area contributed by atoms with Crippen molar-refractivity contribution in [3.05, 3.63) is 40.2 Å². The highest BCUT2D eigenvalue weighted by Gasteiger charge is 2.25. The van der Waals surface area contributed by atoms with Crippen LogP contribution in [-0.4, -0.2) is 28.8 Å². The molecule has 0 aliphatic rings. The molecule has 0 bridgehead atoms. The van der Waals surface area contributed by atoms with Crippen molar-refractivity contribution in [2.24, 2.45) is 0 Å². The fraction of sp³-hybridized carbons (Fsp3) is 0.471. The Morgan fingerprint density at radius 1 is 1.30 bits per heavy atom. The van der Waals surface area contributed by atoms with Crippen LogP contribution in [0.5, 0.6) is 0 Å². The lowest BCUT2D eigenvalue weighted by atomic mass is 9.95. The second-order valence-corrected chi connectivity index (χ2v) is 6.41. The number of aryl methyl sites for hydroxylation is 2. The van der Waals surface area contributed by atoms with Gasteiger partial charge in [-0.1, -0.05) is 23.3 Å². The number of carboxylic acids is 1. The van der Waals surface area contributed by atoms with Crippen LogP contribution in [0.4, 0.5) is 10.5 Å². The van der Waals surface area contributed by atoms with Gasteiger partial charge in [0.1, 0.15) is 11.6 Å². The summed E-state index contributed by atoms with van der Waals surface area (Å²) in [6.45, 7) is 15.8. The summed E-state index contributed by atoms with van der Waals surface area (Å²) >= 11 is 0. The Morgan fingerprint density at radius 2 is 1.83 bits per heavy atom. The maximum absolute atomic E-state index is 11.8. The first-order chi connectivity index (χ1) is 10.5. The predicted molar refractivity (Wildman–Crippen MR) is 86.7 cm³/mol. The van der Waals surface area contributed by atoms with Gasteiger partial charge in [-0.25, -0.2) is 14.4 Å². The number of hydrogen-bond donors (Lipinski definition) is 2. The molecule has 6 heteroatoms. The van der Waals surface area contributed by atoms with Gasteiger partial charge in [-0.15, -0.1) is 0 Å². The fourth-order valence-electron chi connectivity index (χ4n) is 2.21. The molecule has 0 aliphatic heterocycles. The molecule has 1 amide bonds. The average molecular weight is 318 g/mol. The van der Waals surface area contributed by atoms with E-state index >= 15 is 0 Å². The van der Waals surface area contributed by atoms with Gasteiger partial charge in [0.05, 0.1) is 6.57 Å². The highest BCUT2D eigenvalue weighted by atomic mass is 16.6. The molecule has 2 N–H and O–H groups in total. The number of hydrogen-bond acceptors (Lipinski definition) is 3. The van der Waals surface area contributed by atoms with Gasteiger partial charge >= 0.3 is 12.1 Å². The van der Waals surface area contributed by atoms with E-state index in [1.54, 1.807) is 32.9 Å². The maximum Gasteiger partial charge on any atom is 0.408 e. The SMILES string of the molecule is [C-]#[N+]c1cc(C)c(C[C@H](NC(=O)OC(C)(C)C)C(=O)O)c(C)c1. The van der Waals surface area contributed by atoms with Gasteiger partial charge < -0.3 is 15.2 Å². The number of benzene rings is 1. The molecule has 1 aromatic rings. The van der Waals surface area contributed by atoms with E-state index in [1.807, 2.05) is 13.8 Å². The normalized spacial score (nSPS) is 12.2. The van der Waals surface area contributed by atoms with Gasteiger partial charge in [0.25, 0.3) is 0 Å². The van der Waals surface area contributed by atoms with Crippen molar-refractivity contribution in [2.45, 2.75) is 52.7 Å². The number of ether oxygens (including phenoxy) is 1. The number of carbonyl (C=O) groups excluding carboxylic acids is 1. The van der Waals surface area contributed by atoms with E-state index in [0.717, 1.165) is 16.7 Å². The van der Waals surface area contributed by atoms with Crippen molar-refractivity contribution >= 4 is 17.7 Å². The minimum Gasteiger partial charge on any atom is -0.480 e. The van der Waals surface area contributed by atoms with Crippen LogP contribution in [0.1, 0.15) is 37.5 Å². The number of carboxylic acid groups (broad SMARTS) is 1. The van der Waals surface area contributed by atoms with Crippen LogP contribution in [0, 0.1) is 20.4 Å². The Kier molecular flexibility index (Phi) is 5.74. The smallest absolute Gasteiger partial charge is 0.408 e. The first kappa shape index (κ1) is 18.5. The summed E-state index contributed by atoms with van der Waals surface area (Å²) in [4.78, 5) is 26.6. The molecule has 0 radical (unpaired) electrons. The first-order valence-electron chi connectivity index (χ1n) is 7.23. The van der Waals surface area contributed by atoms with Crippen molar-refractivity contribution in [1.82, 2.24) is 5.32 Å². The van der Waals surface area contributed by atoms with Gasteiger partial charge in [0.2, 0.25) is 0 Å². The molecule has 23 heavy (non-hydrogen) atoms. The number of nitrogens with one attached hydrogen (secondary N) is 1. The largest absolute Gasteiger partial charge is 0.480 e. The third-order valence-electron chi connectivity index (χ3n) is 3.21. The Labute approximate surface area is 136 Å². The monoisotopic (exact) mass is 318 g/mol. The third kappa shape index (κ3) is 5.62. The summed E-state index contributed by atoms with van der Waals surface area (Å²) in [5.41, 5.74) is 2.27. The molecule has 1 rings (SSSR count). The molecule has 0 heterocycles. The zero-order chi connectivity index (χ0) is 17.8. The first-order valence-corrected chi connectivity index (χ1v) is 7.23. The summed E-state index contributed by atoms with van der Waals surface area (Å²) in [5.74, 6) is -1.14. The Bertz CT molecular complexity index is 631. The summed E-state index contributed by atoms with van der Waals surface area (Å²) in [6, 6.07) is 2.32. The number of nitrogens with zero attached hydrogens (tertiary/aromatic N) is 1. The second kappa shape index (κ2) is 7.14. The number of amides is 1. The van der Waals surface area contributed by atoms with Crippen molar-refractivity contribution in [3.63, 3.8) is 0 Å². The molecular weight excluding hydrogens is 296 g/mol. The average Bonchev–Trinajstić information content (AvgIpc) is 2.38. The van der Waals surface area contributed by atoms with Crippen molar-refractivity contribution < 1.29 is 19.4 Å². The van der Waals surface area contributed by atoms with Crippen LogP contribution in [0.15, 0.2) is 12.1 Å². The quantitative estimate of drug-likeness (QED) is 0.834. The lowest BCUT2D eigenvalue weighted by Crippen LogP contribution is -2.44. The lowest BCUT2D eigenvalue weighted by Gasteiger charge is -2.22. The number of rotatable bonds is 4. The summed E-state index contributed by atoms with van der Waals surface area (Å²) in [7, 11) is 0. The summed E-state index contributed by atoms with van der Waals surface area (Å²) in [5, 5.41) is 11.7. The van der Waals surface area contributed by atoms with Gasteiger partial charge in [0, 0.05) is 6.42 Å². The van der Waals surface area contributed by atoms with Crippen LogP contribution >= 0.6 is 0 Å². The van der Waals surface area contributed by atoms with E-state index in [9.17, 15) is 14.7 Å². The Morgan fingerprint density at radius 3 is 2.22 bits per heavy atom. The van der Waals surface area contributed by atoms with Crippen molar-refractivity contribution in [3.8, 4) is 0 Å². The van der Waals surface area contributed by atoms with Crippen LogP contribution in [0.3, 0.4) is 0 Å². The number of carbonyl (C=O) groups is 2. The zero-order valence-electron chi connectivity index (χ0n) is 14.1. The van der Waals surface area contributed by atoms with E-state index in [-0.39, 0.29) is 6.42 Å². The van der Waals surface area contributed by atoms with Gasteiger partial charge in [0.15, 0.2) is 5.69 Å². The van der Waals surface area contributed by atoms with E-state index in [2.05, 4.69) is 10.2 Å². The van der Waals surface area contributed by atoms with Gasteiger partial charge in [-0.3, -0.25) is 0 Å². The highest BCUT2D eigenvalue weighted by Crippen LogP contribution is 2.23. The Balaban J connectivity index is 2.96. The predicted octanol–water partition coefficient (Wildman–Crippen LogP) is 3.37. The molecule has 0 fully saturated rings. The fourth-order valence-corrected chi connectivity index (χ4v) is 2.21. The van der Waals surface area contributed by atoms with E-state index in [0.29, 0.717) is 5.69 Å². The van der Waals surface area contributed by atoms with Crippen molar-refractivity contribution in [2.75, 3.05) is 0 Å². The van der Waals surface area contributed by atoms with Crippen LogP contribution < -0.4 is 5.32 Å². The van der Waals surface area contributed by atoms with Crippen LogP contribution in [-0.2, 0) is 16.0 Å². The standard InChI is InChI=1S/C17H22N2O4/c1-10-7-12(18-6)8-11(2)13(10)9-14(15(20)21)19-16(22)23-17(3,4)5/h7-8,14H,9H2,1-5H3,(H,19,22)(H,20,21)/t14-/m0/s1. The minimum atomic E-state index is -1.14. The second-order valence-electron chi connectivity index (χ2n) is 6.41. The molecule has 0 saturated heterocycles. The maximum atomic E-state index is 11.8. The number of aliphatic carboxylic acids is 1. The zero-order valence-corrected chi connectivity index (χ0v) is 14.1. The van der Waals surface area contributed by atoms with E-state index in [1.165, 1.54) is 0 Å². The highest BCUT2D eigenvalue weighted by molar-refractivity contribution is 5.80. The summed E-state index contributed by atoms with van der Waals surface area (Å²) in [6.07, 6.45) is -0.636. The summed E-state index contributed by atoms with van der Waals surface area (Å²) < 4.78 is 5.10. The molecule has 0 spiro atoms. The van der Waals surface area contributed by atoms with Crippen LogP contribution in [0.25, 0.3) is 4.85 Å². The van der Waals surface area contributed by atoms with Crippen molar-refractivity contribution in [1.29, 1.82) is 0 Å². The van der Waals surface area contributed by atoms with E-state index in [4.69, 9.17) is 11.3 Å². The molecule has 1 atom stereocenters. The van der Waals surface area contributed by atoms with Crippen LogP contribution in [0.2, 0.25) is 0 Å². The van der Waals surface area contributed by atoms with E-state index < -0.39 is 23.7 Å². The third-order valence-corrected chi connectivity index (χ3v) is 3.21. The molecule has 124 valence electrons. The van der Waals surface area contributed by atoms with Gasteiger partial charge in [-0.2, -0.15) is 0 Å². The molecule has 0 aromatic heterocycles. The van der Waals surface area contributed by atoms with Gasteiger partial charge in [-0.05, 0) is 40.2 Å². The molecule has 0 unspecified atom stereocenters. The molecule has 1 aromatic carbocycles. The Hall–Kier alpha value is -2.55. The molecule has 0 aliphatic carbocycles. The minimum absolute atomic E-state index is 0.129.